The van der Waals surface area contributed by atoms with Crippen LogP contribution in [0.25, 0.3) is 93.0 Å². The van der Waals surface area contributed by atoms with E-state index < -0.39 is 0 Å². The lowest BCUT2D eigenvalue weighted by Crippen LogP contribution is -2.10. The molecule has 10 aromatic rings. The molecule has 1 atom stereocenters. The van der Waals surface area contributed by atoms with Crippen molar-refractivity contribution in [1.82, 2.24) is 4.98 Å². The Kier molecular flexibility index (Phi) is 6.97. The van der Waals surface area contributed by atoms with E-state index in [1.165, 1.54) is 76.5 Å². The summed E-state index contributed by atoms with van der Waals surface area (Å²) < 4.78 is 6.46. The highest BCUT2D eigenvalue weighted by Gasteiger charge is 2.23. The second kappa shape index (κ2) is 12.0. The van der Waals surface area contributed by atoms with Gasteiger partial charge in [-0.15, -0.1) is 0 Å². The SMILES string of the molecule is CC(C)(C)c1cc2ccc3c(C4=CCC(c5cccc6c5oc5ccccc56)C=C4)cc(-c4ccc(-c5cnc6ccccc6c5)cc4)c4ccc(c1)c2c34. The Morgan fingerprint density at radius 1 is 0.582 bits per heavy atom. The summed E-state index contributed by atoms with van der Waals surface area (Å²) in [5.74, 6) is 0.236. The molecule has 0 radical (unpaired) electrons. The van der Waals surface area contributed by atoms with Crippen molar-refractivity contribution in [2.24, 2.45) is 0 Å². The summed E-state index contributed by atoms with van der Waals surface area (Å²) in [6.45, 7) is 6.91. The predicted molar refractivity (Wildman–Crippen MR) is 233 cm³/mol. The van der Waals surface area contributed by atoms with Crippen molar-refractivity contribution in [1.29, 1.82) is 0 Å². The molecule has 2 heteroatoms. The molecule has 55 heavy (non-hydrogen) atoms. The second-order valence-electron chi connectivity index (χ2n) is 16.3. The summed E-state index contributed by atoms with van der Waals surface area (Å²) >= 11 is 0. The van der Waals surface area contributed by atoms with E-state index in [1.54, 1.807) is 0 Å². The largest absolute Gasteiger partial charge is 0.456 e. The molecule has 262 valence electrons. The van der Waals surface area contributed by atoms with Gasteiger partial charge >= 0.3 is 0 Å². The Balaban J connectivity index is 1.06. The van der Waals surface area contributed by atoms with Crippen LogP contribution < -0.4 is 0 Å². The van der Waals surface area contributed by atoms with Gasteiger partial charge in [-0.25, -0.2) is 0 Å². The minimum absolute atomic E-state index is 0.0595. The lowest BCUT2D eigenvalue weighted by atomic mass is 9.80. The molecule has 0 aliphatic heterocycles. The zero-order chi connectivity index (χ0) is 36.8. The van der Waals surface area contributed by atoms with Gasteiger partial charge in [-0.3, -0.25) is 4.98 Å². The Morgan fingerprint density at radius 3 is 2.09 bits per heavy atom. The highest BCUT2D eigenvalue weighted by Crippen LogP contribution is 2.46. The van der Waals surface area contributed by atoms with Crippen LogP contribution >= 0.6 is 0 Å². The van der Waals surface area contributed by atoms with Crippen molar-refractivity contribution < 1.29 is 4.42 Å². The molecule has 0 saturated carbocycles. The Labute approximate surface area is 320 Å². The third kappa shape index (κ3) is 5.12. The van der Waals surface area contributed by atoms with E-state index in [-0.39, 0.29) is 11.3 Å². The fourth-order valence-corrected chi connectivity index (χ4v) is 9.01. The highest BCUT2D eigenvalue weighted by atomic mass is 16.3. The lowest BCUT2D eigenvalue weighted by molar-refractivity contribution is 0.591. The maximum atomic E-state index is 6.46. The van der Waals surface area contributed by atoms with Crippen LogP contribution in [0.2, 0.25) is 0 Å². The standard InChI is InChI=1S/C53H39NO/c1-53(2,3)40-28-37-23-25-43-46(34-17-15-32(16-18-34)39-27-36-9-4-6-13-48(36)54-31-39)30-47(44-26-24-38(29-40)50(37)51(43)44)35-21-19-33(20-22-35)41-11-8-12-45-42-10-5-7-14-49(42)55-52(41)45/h4-19,21-31,33H,20H2,1-3H3. The fourth-order valence-electron chi connectivity index (χ4n) is 9.01. The average molecular weight is 706 g/mol. The number of fused-ring (bicyclic) bond motifs is 4. The molecule has 1 aliphatic rings. The summed E-state index contributed by atoms with van der Waals surface area (Å²) in [7, 11) is 0. The van der Waals surface area contributed by atoms with Crippen LogP contribution in [-0.2, 0) is 5.41 Å². The second-order valence-corrected chi connectivity index (χ2v) is 16.3. The van der Waals surface area contributed by atoms with Crippen molar-refractivity contribution in [2.45, 2.75) is 38.5 Å². The summed E-state index contributed by atoms with van der Waals surface area (Å²) in [4.78, 5) is 4.74. The number of benzene rings is 8. The van der Waals surface area contributed by atoms with E-state index in [2.05, 4.69) is 166 Å². The van der Waals surface area contributed by atoms with Crippen LogP contribution in [0.4, 0.5) is 0 Å². The van der Waals surface area contributed by atoms with Crippen LogP contribution in [0.15, 0.2) is 168 Å². The molecule has 2 heterocycles. The predicted octanol–water partition coefficient (Wildman–Crippen LogP) is 14.8. The number of allylic oxidation sites excluding steroid dienone is 4. The number of para-hydroxylation sites is 3. The summed E-state index contributed by atoms with van der Waals surface area (Å²) in [6.07, 6.45) is 10.1. The first-order valence-electron chi connectivity index (χ1n) is 19.4. The van der Waals surface area contributed by atoms with Crippen molar-refractivity contribution in [3.63, 3.8) is 0 Å². The van der Waals surface area contributed by atoms with Gasteiger partial charge in [0.2, 0.25) is 0 Å². The van der Waals surface area contributed by atoms with Crippen LogP contribution in [0.1, 0.15) is 49.8 Å². The normalized spacial score (nSPS) is 15.0. The summed E-state index contributed by atoms with van der Waals surface area (Å²) in [6, 6.07) is 51.2. The molecule has 2 nitrogen and oxygen atoms in total. The van der Waals surface area contributed by atoms with Gasteiger partial charge in [0, 0.05) is 39.4 Å². The number of pyridine rings is 1. The minimum Gasteiger partial charge on any atom is -0.456 e. The van der Waals surface area contributed by atoms with Crippen molar-refractivity contribution in [2.75, 3.05) is 0 Å². The van der Waals surface area contributed by atoms with Crippen molar-refractivity contribution in [3.05, 3.63) is 181 Å². The monoisotopic (exact) mass is 705 g/mol. The Bertz CT molecular complexity index is 3190. The topological polar surface area (TPSA) is 26.0 Å². The quantitative estimate of drug-likeness (QED) is 0.170. The van der Waals surface area contributed by atoms with Crippen LogP contribution in [0.3, 0.4) is 0 Å². The van der Waals surface area contributed by atoms with Gasteiger partial charge < -0.3 is 4.42 Å². The highest BCUT2D eigenvalue weighted by molar-refractivity contribution is 6.27. The van der Waals surface area contributed by atoms with Gasteiger partial charge in [0.1, 0.15) is 11.2 Å². The smallest absolute Gasteiger partial charge is 0.139 e. The first kappa shape index (κ1) is 32.0. The zero-order valence-electron chi connectivity index (χ0n) is 31.2. The van der Waals surface area contributed by atoms with Gasteiger partial charge in [0.15, 0.2) is 0 Å². The number of nitrogens with zero attached hydrogens (tertiary/aromatic N) is 1. The molecule has 0 amide bonds. The number of hydrogen-bond acceptors (Lipinski definition) is 2. The molecule has 0 fully saturated rings. The first-order valence-corrected chi connectivity index (χ1v) is 19.4. The van der Waals surface area contributed by atoms with Crippen LogP contribution in [0.5, 0.6) is 0 Å². The van der Waals surface area contributed by atoms with E-state index >= 15 is 0 Å². The maximum Gasteiger partial charge on any atom is 0.139 e. The Morgan fingerprint density at radius 2 is 1.31 bits per heavy atom. The maximum absolute atomic E-state index is 6.46. The van der Waals surface area contributed by atoms with Gasteiger partial charge in [-0.05, 0) is 102 Å². The molecular formula is C53H39NO. The molecule has 0 N–H and O–H groups in total. The van der Waals surface area contributed by atoms with E-state index in [9.17, 15) is 0 Å². The first-order chi connectivity index (χ1) is 26.9. The molecule has 1 unspecified atom stereocenters. The third-order valence-corrected chi connectivity index (χ3v) is 11.9. The van der Waals surface area contributed by atoms with Crippen molar-refractivity contribution >= 4 is 70.7 Å². The molecule has 8 aromatic carbocycles. The van der Waals surface area contributed by atoms with Gasteiger partial charge in [-0.2, -0.15) is 0 Å². The molecular weight excluding hydrogens is 667 g/mol. The number of hydrogen-bond donors (Lipinski definition) is 0. The number of aromatic nitrogens is 1. The Hall–Kier alpha value is -6.51. The van der Waals surface area contributed by atoms with Crippen LogP contribution in [0, 0.1) is 0 Å². The third-order valence-electron chi connectivity index (χ3n) is 11.9. The van der Waals surface area contributed by atoms with E-state index in [1.807, 2.05) is 18.3 Å². The minimum atomic E-state index is 0.0595. The summed E-state index contributed by atoms with van der Waals surface area (Å²) in [5.41, 5.74) is 12.9. The van der Waals surface area contributed by atoms with E-state index in [0.717, 1.165) is 39.6 Å². The molecule has 1 aliphatic carbocycles. The molecule has 0 bridgehead atoms. The fraction of sp³-hybridized carbons (Fsp3) is 0.113. The van der Waals surface area contributed by atoms with Gasteiger partial charge in [-0.1, -0.05) is 154 Å². The van der Waals surface area contributed by atoms with Crippen LogP contribution in [-0.4, -0.2) is 4.98 Å². The average Bonchev–Trinajstić information content (AvgIpc) is 3.61. The molecule has 11 rings (SSSR count). The number of rotatable bonds is 4. The van der Waals surface area contributed by atoms with Gasteiger partial charge in [0.25, 0.3) is 0 Å². The zero-order valence-corrected chi connectivity index (χ0v) is 31.2. The van der Waals surface area contributed by atoms with E-state index in [0.29, 0.717) is 0 Å². The number of furan rings is 1. The van der Waals surface area contributed by atoms with Crippen molar-refractivity contribution in [3.8, 4) is 22.3 Å². The lowest BCUT2D eigenvalue weighted by Gasteiger charge is -2.23. The summed E-state index contributed by atoms with van der Waals surface area (Å²) in [5, 5.41) is 11.4. The molecule has 2 aromatic heterocycles. The molecule has 0 saturated heterocycles. The van der Waals surface area contributed by atoms with E-state index in [4.69, 9.17) is 9.40 Å². The van der Waals surface area contributed by atoms with Gasteiger partial charge in [0.05, 0.1) is 5.52 Å². The molecule has 0 spiro atoms.